The number of carbonyl (C=O) groups is 1. The van der Waals surface area contributed by atoms with Crippen LogP contribution in [0.25, 0.3) is 5.52 Å². The molecule has 7 nitrogen and oxygen atoms in total. The number of likely N-dealkylation sites (tertiary alicyclic amines) is 1. The third-order valence-electron chi connectivity index (χ3n) is 5.81. The van der Waals surface area contributed by atoms with Crippen LogP contribution in [0.2, 0.25) is 0 Å². The zero-order chi connectivity index (χ0) is 18.4. The van der Waals surface area contributed by atoms with Crippen molar-refractivity contribution in [2.75, 3.05) is 13.1 Å². The fraction of sp³-hybridized carbons (Fsp3) is 0.450. The zero-order valence-electron chi connectivity index (χ0n) is 15.6. The molecule has 0 bridgehead atoms. The minimum atomic E-state index is 0.0383. The summed E-state index contributed by atoms with van der Waals surface area (Å²) < 4.78 is 3.71. The SMILES string of the molecule is Cn1nc(CN2CCCCC2)c2c1CN(C(=O)c1cnn3ccccc13)C2. The van der Waals surface area contributed by atoms with Crippen LogP contribution in [-0.4, -0.2) is 48.2 Å². The molecule has 2 aliphatic heterocycles. The molecule has 0 saturated carbocycles. The molecule has 0 spiro atoms. The Hall–Kier alpha value is -2.67. The van der Waals surface area contributed by atoms with Gasteiger partial charge in [0.05, 0.1) is 41.8 Å². The monoisotopic (exact) mass is 364 g/mol. The second-order valence-electron chi connectivity index (χ2n) is 7.58. The van der Waals surface area contributed by atoms with Gasteiger partial charge in [-0.3, -0.25) is 14.4 Å². The van der Waals surface area contributed by atoms with Gasteiger partial charge < -0.3 is 4.90 Å². The summed E-state index contributed by atoms with van der Waals surface area (Å²) in [6.45, 7) is 4.44. The molecule has 0 aliphatic carbocycles. The molecule has 3 aromatic heterocycles. The summed E-state index contributed by atoms with van der Waals surface area (Å²) in [6, 6.07) is 5.79. The van der Waals surface area contributed by atoms with E-state index < -0.39 is 0 Å². The lowest BCUT2D eigenvalue weighted by Gasteiger charge is -2.26. The number of nitrogens with zero attached hydrogens (tertiary/aromatic N) is 6. The van der Waals surface area contributed by atoms with Crippen molar-refractivity contribution in [3.8, 4) is 0 Å². The number of aromatic nitrogens is 4. The van der Waals surface area contributed by atoms with Crippen LogP contribution in [-0.2, 0) is 26.7 Å². The third-order valence-corrected chi connectivity index (χ3v) is 5.81. The molecule has 2 aliphatic rings. The van der Waals surface area contributed by atoms with Crippen LogP contribution in [0.15, 0.2) is 30.6 Å². The van der Waals surface area contributed by atoms with Gasteiger partial charge in [0.15, 0.2) is 0 Å². The molecule has 27 heavy (non-hydrogen) atoms. The molecular formula is C20H24N6O. The summed E-state index contributed by atoms with van der Waals surface area (Å²) in [5.41, 5.74) is 5.03. The molecule has 3 aromatic rings. The second kappa shape index (κ2) is 6.49. The lowest BCUT2D eigenvalue weighted by atomic mass is 10.1. The second-order valence-corrected chi connectivity index (χ2v) is 7.58. The number of hydrogen-bond acceptors (Lipinski definition) is 4. The lowest BCUT2D eigenvalue weighted by Crippen LogP contribution is -2.30. The fourth-order valence-corrected chi connectivity index (χ4v) is 4.34. The van der Waals surface area contributed by atoms with Crippen molar-refractivity contribution < 1.29 is 4.79 Å². The van der Waals surface area contributed by atoms with Crippen LogP contribution in [0.3, 0.4) is 0 Å². The number of piperidine rings is 1. The molecule has 0 unspecified atom stereocenters. The van der Waals surface area contributed by atoms with Gasteiger partial charge in [0.2, 0.25) is 0 Å². The Morgan fingerprint density at radius 3 is 2.85 bits per heavy atom. The van der Waals surface area contributed by atoms with Gasteiger partial charge >= 0.3 is 0 Å². The number of rotatable bonds is 3. The van der Waals surface area contributed by atoms with E-state index in [0.29, 0.717) is 18.7 Å². The van der Waals surface area contributed by atoms with Crippen molar-refractivity contribution in [3.05, 3.63) is 53.1 Å². The van der Waals surface area contributed by atoms with Crippen molar-refractivity contribution in [1.82, 2.24) is 29.2 Å². The van der Waals surface area contributed by atoms with E-state index in [1.807, 2.05) is 41.0 Å². The Morgan fingerprint density at radius 1 is 1.15 bits per heavy atom. The Morgan fingerprint density at radius 2 is 2.00 bits per heavy atom. The van der Waals surface area contributed by atoms with Crippen LogP contribution in [0.4, 0.5) is 0 Å². The van der Waals surface area contributed by atoms with Crippen molar-refractivity contribution in [2.45, 2.75) is 38.9 Å². The van der Waals surface area contributed by atoms with Gasteiger partial charge in [-0.2, -0.15) is 10.2 Å². The average Bonchev–Trinajstić information content (AvgIpc) is 3.38. The van der Waals surface area contributed by atoms with Crippen LogP contribution >= 0.6 is 0 Å². The van der Waals surface area contributed by atoms with Crippen LogP contribution in [0, 0.1) is 0 Å². The maximum atomic E-state index is 13.1. The molecule has 5 rings (SSSR count). The van der Waals surface area contributed by atoms with Gasteiger partial charge in [0, 0.05) is 25.4 Å². The van der Waals surface area contributed by atoms with E-state index in [1.165, 1.54) is 24.8 Å². The number of pyridine rings is 1. The number of fused-ring (bicyclic) bond motifs is 2. The summed E-state index contributed by atoms with van der Waals surface area (Å²) in [7, 11) is 1.99. The standard InChI is InChI=1S/C20H24N6O/c1-23-19-14-25(20(27)15-11-21-26-10-6-3-7-18(15)26)12-16(19)17(22-23)13-24-8-4-2-5-9-24/h3,6-7,10-11H,2,4-5,8-9,12-14H2,1H3. The Bertz CT molecular complexity index is 997. The predicted molar refractivity (Wildman–Crippen MR) is 101 cm³/mol. The van der Waals surface area contributed by atoms with Crippen LogP contribution in [0.5, 0.6) is 0 Å². The van der Waals surface area contributed by atoms with Crippen LogP contribution in [0.1, 0.15) is 46.6 Å². The Labute approximate surface area is 158 Å². The van der Waals surface area contributed by atoms with Crippen molar-refractivity contribution in [1.29, 1.82) is 0 Å². The number of hydrogen-bond donors (Lipinski definition) is 0. The first kappa shape index (κ1) is 16.5. The number of amides is 1. The summed E-state index contributed by atoms with van der Waals surface area (Å²) in [5, 5.41) is 9.06. The topological polar surface area (TPSA) is 58.7 Å². The molecule has 0 N–H and O–H groups in total. The molecule has 1 saturated heterocycles. The van der Waals surface area contributed by atoms with Crippen molar-refractivity contribution >= 4 is 11.4 Å². The third kappa shape index (κ3) is 2.82. The minimum Gasteiger partial charge on any atom is -0.328 e. The fourth-order valence-electron chi connectivity index (χ4n) is 4.34. The largest absolute Gasteiger partial charge is 0.328 e. The number of carbonyl (C=O) groups excluding carboxylic acids is 1. The van der Waals surface area contributed by atoms with E-state index in [9.17, 15) is 4.79 Å². The Kier molecular flexibility index (Phi) is 3.97. The van der Waals surface area contributed by atoms with Crippen molar-refractivity contribution in [3.63, 3.8) is 0 Å². The molecule has 0 aromatic carbocycles. The van der Waals surface area contributed by atoms with Gasteiger partial charge in [-0.15, -0.1) is 0 Å². The molecule has 1 amide bonds. The van der Waals surface area contributed by atoms with Gasteiger partial charge in [-0.25, -0.2) is 4.52 Å². The summed E-state index contributed by atoms with van der Waals surface area (Å²) >= 11 is 0. The van der Waals surface area contributed by atoms with E-state index in [0.717, 1.165) is 36.5 Å². The first-order chi connectivity index (χ1) is 13.2. The molecule has 0 radical (unpaired) electrons. The van der Waals surface area contributed by atoms with E-state index in [2.05, 4.69) is 10.00 Å². The van der Waals surface area contributed by atoms with Gasteiger partial charge in [-0.1, -0.05) is 12.5 Å². The first-order valence-corrected chi connectivity index (χ1v) is 9.68. The molecular weight excluding hydrogens is 340 g/mol. The van der Waals surface area contributed by atoms with E-state index in [1.54, 1.807) is 10.7 Å². The zero-order valence-corrected chi connectivity index (χ0v) is 15.6. The smallest absolute Gasteiger partial charge is 0.258 e. The normalized spacial score (nSPS) is 17.6. The molecule has 7 heteroatoms. The maximum absolute atomic E-state index is 13.1. The highest BCUT2D eigenvalue weighted by molar-refractivity contribution is 6.00. The molecule has 5 heterocycles. The quantitative estimate of drug-likeness (QED) is 0.715. The number of aryl methyl sites for hydroxylation is 1. The minimum absolute atomic E-state index is 0.0383. The van der Waals surface area contributed by atoms with Crippen LogP contribution < -0.4 is 0 Å². The van der Waals surface area contributed by atoms with Crippen molar-refractivity contribution in [2.24, 2.45) is 7.05 Å². The molecule has 1 fully saturated rings. The summed E-state index contributed by atoms with van der Waals surface area (Å²) in [6.07, 6.45) is 7.42. The summed E-state index contributed by atoms with van der Waals surface area (Å²) in [5.74, 6) is 0.0383. The molecule has 140 valence electrons. The first-order valence-electron chi connectivity index (χ1n) is 9.68. The van der Waals surface area contributed by atoms with E-state index >= 15 is 0 Å². The maximum Gasteiger partial charge on any atom is 0.258 e. The molecule has 0 atom stereocenters. The lowest BCUT2D eigenvalue weighted by molar-refractivity contribution is 0.0749. The highest BCUT2D eigenvalue weighted by Crippen LogP contribution is 2.29. The van der Waals surface area contributed by atoms with Gasteiger partial charge in [-0.05, 0) is 38.1 Å². The van der Waals surface area contributed by atoms with Gasteiger partial charge in [0.25, 0.3) is 5.91 Å². The Balaban J connectivity index is 1.38. The van der Waals surface area contributed by atoms with E-state index in [4.69, 9.17) is 5.10 Å². The predicted octanol–water partition coefficient (Wildman–Crippen LogP) is 2.21. The van der Waals surface area contributed by atoms with Gasteiger partial charge in [0.1, 0.15) is 0 Å². The highest BCUT2D eigenvalue weighted by Gasteiger charge is 2.31. The highest BCUT2D eigenvalue weighted by atomic mass is 16.2. The summed E-state index contributed by atoms with van der Waals surface area (Å²) in [4.78, 5) is 17.5. The average molecular weight is 364 g/mol. The van der Waals surface area contributed by atoms with E-state index in [-0.39, 0.29) is 5.91 Å².